The zero-order valence-electron chi connectivity index (χ0n) is 22.0. The van der Waals surface area contributed by atoms with E-state index >= 15 is 4.39 Å². The lowest BCUT2D eigenvalue weighted by atomic mass is 10.1. The number of aromatic amines is 1. The second-order valence-corrected chi connectivity index (χ2v) is 15.7. The van der Waals surface area contributed by atoms with Gasteiger partial charge in [0.25, 0.3) is 5.56 Å². The van der Waals surface area contributed by atoms with Crippen molar-refractivity contribution in [3.63, 3.8) is 0 Å². The minimum absolute atomic E-state index is 0.0647. The highest BCUT2D eigenvalue weighted by Gasteiger charge is 2.52. The van der Waals surface area contributed by atoms with Gasteiger partial charge in [-0.1, -0.05) is 24.5 Å². The number of nitrogen functional groups attached to an aromatic ring is 2. The maximum absolute atomic E-state index is 15.8. The number of nitrogens with one attached hydrogen (secondary N) is 1. The number of nitrogens with zero attached hydrogens (tertiary/aromatic N) is 7. The van der Waals surface area contributed by atoms with Gasteiger partial charge in [0.2, 0.25) is 5.95 Å². The Morgan fingerprint density at radius 3 is 2.41 bits per heavy atom. The molecule has 236 valence electrons. The fraction of sp³-hybridized carbons (Fsp3) is 0.500. The second-order valence-electron chi connectivity index (χ2n) is 9.98. The van der Waals surface area contributed by atoms with Crippen molar-refractivity contribution in [2.24, 2.45) is 0 Å². The molecule has 0 aromatic carbocycles. The Hall–Kier alpha value is -2.65. The molecule has 0 aliphatic carbocycles. The van der Waals surface area contributed by atoms with Gasteiger partial charge in [0, 0.05) is 6.42 Å². The Bertz CT molecular complexity index is 1910. The van der Waals surface area contributed by atoms with Crippen molar-refractivity contribution in [1.29, 1.82) is 0 Å². The lowest BCUT2D eigenvalue weighted by Crippen LogP contribution is -2.32. The Balaban J connectivity index is 1.19. The summed E-state index contributed by atoms with van der Waals surface area (Å²) >= 11 is 8.14. The number of alkyl halides is 1. The van der Waals surface area contributed by atoms with Crippen LogP contribution in [0.3, 0.4) is 0 Å². The van der Waals surface area contributed by atoms with Crippen molar-refractivity contribution in [2.75, 3.05) is 24.7 Å². The summed E-state index contributed by atoms with van der Waals surface area (Å²) in [4.78, 5) is 35.0. The summed E-state index contributed by atoms with van der Waals surface area (Å²) < 4.78 is 79.5. The molecule has 0 radical (unpaired) electrons. The first-order valence-electron chi connectivity index (χ1n) is 12.8. The number of halogens is 1. The number of imidazole rings is 2. The fourth-order valence-corrected chi connectivity index (χ4v) is 8.20. The highest BCUT2D eigenvalue weighted by atomic mass is 32.7. The van der Waals surface area contributed by atoms with Crippen molar-refractivity contribution in [3.8, 4) is 0 Å². The maximum Gasteiger partial charge on any atom is 0.386 e. The molecular weight excluding hydrogens is 669 g/mol. The van der Waals surface area contributed by atoms with E-state index in [0.29, 0.717) is 11.2 Å². The van der Waals surface area contributed by atoms with E-state index in [0.717, 1.165) is 6.33 Å². The number of rotatable bonds is 2. The molecule has 4 aromatic rings. The van der Waals surface area contributed by atoms with Crippen LogP contribution in [0.15, 0.2) is 23.8 Å². The number of fused-ring (bicyclic) bond motifs is 5. The lowest BCUT2D eigenvalue weighted by Gasteiger charge is -2.26. The van der Waals surface area contributed by atoms with Crippen LogP contribution in [-0.2, 0) is 36.7 Å². The van der Waals surface area contributed by atoms with Gasteiger partial charge in [-0.3, -0.25) is 37.0 Å². The third-order valence-corrected chi connectivity index (χ3v) is 10.5. The van der Waals surface area contributed by atoms with E-state index < -0.39 is 75.4 Å². The summed E-state index contributed by atoms with van der Waals surface area (Å²) in [5.41, 5.74) is 11.4. The molecule has 7 heterocycles. The molecule has 3 saturated heterocycles. The molecule has 2 unspecified atom stereocenters. The average molecular weight is 693 g/mol. The van der Waals surface area contributed by atoms with Gasteiger partial charge in [-0.15, -0.1) is 0 Å². The Labute approximate surface area is 255 Å². The molecule has 7 rings (SSSR count). The smallest absolute Gasteiger partial charge is 0.382 e. The fourth-order valence-electron chi connectivity index (χ4n) is 5.23. The van der Waals surface area contributed by atoms with Crippen LogP contribution in [0.5, 0.6) is 0 Å². The quantitative estimate of drug-likeness (QED) is 0.148. The van der Waals surface area contributed by atoms with E-state index in [1.807, 2.05) is 0 Å². The predicted molar refractivity (Wildman–Crippen MR) is 154 cm³/mol. The third kappa shape index (κ3) is 5.42. The van der Waals surface area contributed by atoms with Crippen LogP contribution in [0.2, 0.25) is 0 Å². The third-order valence-electron chi connectivity index (χ3n) is 7.19. The SMILES string of the molecule is Nc1nc2c(ncn2[C@@H]2O[C@@H]3COP(=O)(S)O[C@H]4C[C@H](n5cnc6c(N)ncnc65)O[C@@H]4COP(=O)(S)O[C@@H]2[C@@H]3F)c(=O)[nH]1. The van der Waals surface area contributed by atoms with E-state index in [4.69, 9.17) is 39.0 Å². The lowest BCUT2D eigenvalue weighted by molar-refractivity contribution is -0.0560. The Morgan fingerprint density at radius 1 is 0.909 bits per heavy atom. The van der Waals surface area contributed by atoms with E-state index in [-0.39, 0.29) is 29.4 Å². The van der Waals surface area contributed by atoms with Crippen LogP contribution in [0.1, 0.15) is 18.9 Å². The monoisotopic (exact) mass is 692 g/mol. The van der Waals surface area contributed by atoms with Gasteiger partial charge < -0.3 is 20.9 Å². The van der Waals surface area contributed by atoms with Crippen LogP contribution < -0.4 is 17.0 Å². The van der Waals surface area contributed by atoms with Gasteiger partial charge in [0.05, 0.1) is 25.9 Å². The molecule has 0 spiro atoms. The molecule has 3 aliphatic rings. The standard InChI is InChI=1S/C20H23FN10O9P2S2/c21-11-9-3-36-41(33,43)39-7-1-10(30-5-26-12-15(22)24-4-25-16(12)30)37-8(7)2-35-42(34,44)40-14(11)19(38-9)31-6-27-13-17(31)28-20(23)29-18(13)32/h4-11,14,19H,1-3H2,(H,33,43)(H,34,44)(H2,22,24,25)(H3,23,28,29,32)/t7-,8+,9+,10+,11+,14+,19+,41?,42?/m0/s1. The second kappa shape index (κ2) is 11.0. The summed E-state index contributed by atoms with van der Waals surface area (Å²) in [5.74, 6) is -0.0784. The van der Waals surface area contributed by atoms with Crippen molar-refractivity contribution in [3.05, 3.63) is 29.3 Å². The zero-order chi connectivity index (χ0) is 31.0. The largest absolute Gasteiger partial charge is 0.386 e. The summed E-state index contributed by atoms with van der Waals surface area (Å²) in [7, 11) is 0. The molecule has 2 bridgehead atoms. The topological polar surface area (TPSA) is 249 Å². The first-order chi connectivity index (χ1) is 20.9. The number of ether oxygens (including phenoxy) is 2. The van der Waals surface area contributed by atoms with Crippen LogP contribution >= 0.6 is 38.1 Å². The van der Waals surface area contributed by atoms with Crippen molar-refractivity contribution >= 4 is 72.2 Å². The normalized spacial score (nSPS) is 36.6. The number of nitrogens with two attached hydrogens (primary N) is 2. The predicted octanol–water partition coefficient (Wildman–Crippen LogP) is 1.54. The molecule has 0 saturated carbocycles. The van der Waals surface area contributed by atoms with Gasteiger partial charge in [0.1, 0.15) is 42.5 Å². The van der Waals surface area contributed by atoms with E-state index in [9.17, 15) is 13.9 Å². The van der Waals surface area contributed by atoms with E-state index in [1.54, 1.807) is 4.57 Å². The number of aromatic nitrogens is 8. The molecule has 19 nitrogen and oxygen atoms in total. The van der Waals surface area contributed by atoms with Crippen molar-refractivity contribution in [1.82, 2.24) is 39.0 Å². The molecule has 9 atom stereocenters. The van der Waals surface area contributed by atoms with E-state index in [1.165, 1.54) is 17.2 Å². The number of anilines is 2. The first-order valence-corrected chi connectivity index (χ1v) is 18.2. The molecule has 5 N–H and O–H groups in total. The molecule has 44 heavy (non-hydrogen) atoms. The van der Waals surface area contributed by atoms with Crippen molar-refractivity contribution in [2.45, 2.75) is 49.5 Å². The summed E-state index contributed by atoms with van der Waals surface area (Å²) in [6.45, 7) is -9.62. The van der Waals surface area contributed by atoms with Gasteiger partial charge in [-0.25, -0.2) is 33.5 Å². The van der Waals surface area contributed by atoms with Gasteiger partial charge >= 0.3 is 13.6 Å². The molecule has 4 aromatic heterocycles. The first kappa shape index (κ1) is 30.0. The molecule has 3 aliphatic heterocycles. The van der Waals surface area contributed by atoms with Crippen LogP contribution in [0, 0.1) is 0 Å². The molecular formula is C20H23FN10O9P2S2. The van der Waals surface area contributed by atoms with Gasteiger partial charge in [-0.2, -0.15) is 4.98 Å². The summed E-state index contributed by atoms with van der Waals surface area (Å²) in [6, 6.07) is 0. The van der Waals surface area contributed by atoms with Gasteiger partial charge in [0.15, 0.2) is 35.0 Å². The number of thiol groups is 2. The zero-order valence-corrected chi connectivity index (χ0v) is 25.6. The highest BCUT2D eigenvalue weighted by molar-refractivity contribution is 8.44. The van der Waals surface area contributed by atoms with Gasteiger partial charge in [-0.05, 0) is 0 Å². The maximum atomic E-state index is 15.8. The number of hydrogen-bond acceptors (Lipinski definition) is 16. The summed E-state index contributed by atoms with van der Waals surface area (Å²) in [6.07, 6.45) is -5.35. The number of hydrogen-bond donors (Lipinski definition) is 5. The Kier molecular flexibility index (Phi) is 7.51. The Morgan fingerprint density at radius 2 is 1.61 bits per heavy atom. The number of H-pyrrole nitrogens is 1. The highest BCUT2D eigenvalue weighted by Crippen LogP contribution is 2.60. The summed E-state index contributed by atoms with van der Waals surface area (Å²) in [5, 5.41) is 0. The minimum atomic E-state index is -4.35. The van der Waals surface area contributed by atoms with Crippen LogP contribution in [0.4, 0.5) is 16.2 Å². The van der Waals surface area contributed by atoms with Crippen molar-refractivity contribution < 1.29 is 41.1 Å². The van der Waals surface area contributed by atoms with E-state index in [2.05, 4.69) is 54.4 Å². The molecule has 3 fully saturated rings. The van der Waals surface area contributed by atoms with Crippen LogP contribution in [-0.4, -0.2) is 82.8 Å². The molecule has 24 heteroatoms. The average Bonchev–Trinajstić information content (AvgIpc) is 3.72. The molecule has 0 amide bonds. The minimum Gasteiger partial charge on any atom is -0.382 e. The van der Waals surface area contributed by atoms with Crippen LogP contribution in [0.25, 0.3) is 22.3 Å².